The summed E-state index contributed by atoms with van der Waals surface area (Å²) in [5.74, 6) is 0.543. The molecule has 1 unspecified atom stereocenters. The van der Waals surface area contributed by atoms with Crippen LogP contribution in [0.3, 0.4) is 0 Å². The van der Waals surface area contributed by atoms with Crippen LogP contribution in [0.25, 0.3) is 0 Å². The second-order valence-electron chi connectivity index (χ2n) is 4.73. The van der Waals surface area contributed by atoms with E-state index in [0.717, 1.165) is 37.4 Å². The van der Waals surface area contributed by atoms with Crippen molar-refractivity contribution in [1.29, 1.82) is 0 Å². The lowest BCUT2D eigenvalue weighted by Gasteiger charge is -2.32. The summed E-state index contributed by atoms with van der Waals surface area (Å²) in [6, 6.07) is 7.46. The number of hydrogen-bond donors (Lipinski definition) is 1. The smallest absolute Gasteiger partial charge is 0.254 e. The first-order valence-corrected chi connectivity index (χ1v) is 6.73. The van der Waals surface area contributed by atoms with Crippen LogP contribution in [0.15, 0.2) is 29.2 Å². The summed E-state index contributed by atoms with van der Waals surface area (Å²) in [6.45, 7) is 2.35. The fourth-order valence-corrected chi connectivity index (χ4v) is 2.70. The Morgan fingerprint density at radius 2 is 2.28 bits per heavy atom. The number of carbonyl (C=O) groups is 1. The van der Waals surface area contributed by atoms with Crippen LogP contribution in [-0.4, -0.2) is 37.6 Å². The Bertz CT molecular complexity index is 420. The molecular weight excluding hydrogens is 246 g/mol. The Hall–Kier alpha value is -1.00. The molecule has 0 aromatic heterocycles. The van der Waals surface area contributed by atoms with Gasteiger partial charge in [-0.05, 0) is 30.9 Å². The van der Waals surface area contributed by atoms with Crippen molar-refractivity contribution in [2.75, 3.05) is 26.8 Å². The molecule has 1 amide bonds. The average Bonchev–Trinajstić information content (AvgIpc) is 2.39. The summed E-state index contributed by atoms with van der Waals surface area (Å²) in [5, 5.41) is 0. The van der Waals surface area contributed by atoms with Gasteiger partial charge in [0.05, 0.1) is 12.2 Å². The van der Waals surface area contributed by atoms with Crippen molar-refractivity contribution in [2.45, 2.75) is 17.7 Å². The van der Waals surface area contributed by atoms with Crippen molar-refractivity contribution in [2.24, 2.45) is 5.92 Å². The van der Waals surface area contributed by atoms with E-state index in [9.17, 15) is 4.79 Å². The molecule has 0 N–H and O–H groups in total. The van der Waals surface area contributed by atoms with Crippen molar-refractivity contribution in [1.82, 2.24) is 4.90 Å². The predicted octanol–water partition coefficient (Wildman–Crippen LogP) is 2.47. The number of thiol groups is 1. The van der Waals surface area contributed by atoms with Gasteiger partial charge in [0.2, 0.25) is 0 Å². The standard InChI is InChI=1S/C14H19NO2S/c1-17-10-11-5-4-8-15(9-11)14(16)12-6-2-3-7-13(12)18/h2-3,6-7,11,18H,4-5,8-10H2,1H3. The van der Waals surface area contributed by atoms with E-state index in [2.05, 4.69) is 12.6 Å². The molecule has 1 heterocycles. The van der Waals surface area contributed by atoms with E-state index in [1.165, 1.54) is 0 Å². The number of likely N-dealkylation sites (tertiary alicyclic amines) is 1. The first-order chi connectivity index (χ1) is 8.72. The van der Waals surface area contributed by atoms with Crippen LogP contribution in [0.2, 0.25) is 0 Å². The number of rotatable bonds is 3. The fourth-order valence-electron chi connectivity index (χ4n) is 2.45. The first-order valence-electron chi connectivity index (χ1n) is 6.28. The van der Waals surface area contributed by atoms with Gasteiger partial charge in [-0.2, -0.15) is 0 Å². The lowest BCUT2D eigenvalue weighted by atomic mass is 9.98. The molecule has 98 valence electrons. The van der Waals surface area contributed by atoms with Crippen LogP contribution in [0.1, 0.15) is 23.2 Å². The number of benzene rings is 1. The second-order valence-corrected chi connectivity index (χ2v) is 5.21. The van der Waals surface area contributed by atoms with Crippen molar-refractivity contribution in [3.05, 3.63) is 29.8 Å². The summed E-state index contributed by atoms with van der Waals surface area (Å²) < 4.78 is 5.19. The van der Waals surface area contributed by atoms with Gasteiger partial charge in [0.25, 0.3) is 5.91 Å². The Morgan fingerprint density at radius 3 is 3.00 bits per heavy atom. The molecule has 0 bridgehead atoms. The predicted molar refractivity (Wildman–Crippen MR) is 74.2 cm³/mol. The summed E-state index contributed by atoms with van der Waals surface area (Å²) in [7, 11) is 1.71. The molecule has 1 aromatic rings. The zero-order chi connectivity index (χ0) is 13.0. The number of nitrogens with zero attached hydrogens (tertiary/aromatic N) is 1. The highest BCUT2D eigenvalue weighted by Crippen LogP contribution is 2.21. The Kier molecular flexibility index (Phi) is 4.66. The Morgan fingerprint density at radius 1 is 1.50 bits per heavy atom. The third kappa shape index (κ3) is 3.06. The number of methoxy groups -OCH3 is 1. The van der Waals surface area contributed by atoms with Gasteiger partial charge in [0, 0.05) is 25.1 Å². The van der Waals surface area contributed by atoms with Gasteiger partial charge < -0.3 is 9.64 Å². The number of ether oxygens (including phenoxy) is 1. The quantitative estimate of drug-likeness (QED) is 0.851. The van der Waals surface area contributed by atoms with E-state index in [0.29, 0.717) is 11.5 Å². The summed E-state index contributed by atoms with van der Waals surface area (Å²) in [6.07, 6.45) is 2.19. The summed E-state index contributed by atoms with van der Waals surface area (Å²) in [5.41, 5.74) is 0.693. The molecule has 0 aliphatic carbocycles. The van der Waals surface area contributed by atoms with Gasteiger partial charge in [0.1, 0.15) is 0 Å². The number of hydrogen-bond acceptors (Lipinski definition) is 3. The number of piperidine rings is 1. The summed E-state index contributed by atoms with van der Waals surface area (Å²) in [4.78, 5) is 15.1. The average molecular weight is 265 g/mol. The van der Waals surface area contributed by atoms with Gasteiger partial charge in [-0.25, -0.2) is 0 Å². The fraction of sp³-hybridized carbons (Fsp3) is 0.500. The molecule has 1 aromatic carbocycles. The minimum atomic E-state index is 0.0846. The van der Waals surface area contributed by atoms with E-state index < -0.39 is 0 Å². The van der Waals surface area contributed by atoms with E-state index in [4.69, 9.17) is 4.74 Å². The first kappa shape index (κ1) is 13.4. The topological polar surface area (TPSA) is 29.5 Å². The molecule has 4 heteroatoms. The number of amides is 1. The highest BCUT2D eigenvalue weighted by molar-refractivity contribution is 7.80. The maximum atomic E-state index is 12.4. The van der Waals surface area contributed by atoms with Crippen LogP contribution >= 0.6 is 12.6 Å². The van der Waals surface area contributed by atoms with E-state index in [-0.39, 0.29) is 5.91 Å². The van der Waals surface area contributed by atoms with Crippen LogP contribution in [0.4, 0.5) is 0 Å². The van der Waals surface area contributed by atoms with E-state index >= 15 is 0 Å². The maximum absolute atomic E-state index is 12.4. The molecule has 0 spiro atoms. The van der Waals surface area contributed by atoms with Crippen molar-refractivity contribution in [3.8, 4) is 0 Å². The lowest BCUT2D eigenvalue weighted by molar-refractivity contribution is 0.0568. The molecule has 2 rings (SSSR count). The van der Waals surface area contributed by atoms with Crippen molar-refractivity contribution >= 4 is 18.5 Å². The molecule has 1 aliphatic heterocycles. The van der Waals surface area contributed by atoms with Gasteiger partial charge in [-0.15, -0.1) is 12.6 Å². The zero-order valence-corrected chi connectivity index (χ0v) is 11.5. The minimum absolute atomic E-state index is 0.0846. The molecule has 1 atom stereocenters. The molecule has 0 radical (unpaired) electrons. The van der Waals surface area contributed by atoms with Crippen molar-refractivity contribution in [3.63, 3.8) is 0 Å². The molecule has 1 fully saturated rings. The van der Waals surface area contributed by atoms with Crippen LogP contribution in [-0.2, 0) is 4.74 Å². The highest BCUT2D eigenvalue weighted by atomic mass is 32.1. The van der Waals surface area contributed by atoms with Gasteiger partial charge >= 0.3 is 0 Å². The van der Waals surface area contributed by atoms with E-state index in [1.54, 1.807) is 7.11 Å². The lowest BCUT2D eigenvalue weighted by Crippen LogP contribution is -2.41. The molecule has 0 saturated carbocycles. The van der Waals surface area contributed by atoms with Gasteiger partial charge in [-0.3, -0.25) is 4.79 Å². The van der Waals surface area contributed by atoms with Crippen LogP contribution in [0, 0.1) is 5.92 Å². The second kappa shape index (κ2) is 6.25. The largest absolute Gasteiger partial charge is 0.384 e. The van der Waals surface area contributed by atoms with E-state index in [1.807, 2.05) is 29.2 Å². The molecule has 18 heavy (non-hydrogen) atoms. The SMILES string of the molecule is COCC1CCCN(C(=O)c2ccccc2S)C1. The van der Waals surface area contributed by atoms with Gasteiger partial charge in [-0.1, -0.05) is 12.1 Å². The Balaban J connectivity index is 2.07. The molecule has 3 nitrogen and oxygen atoms in total. The molecular formula is C14H19NO2S. The number of carbonyl (C=O) groups excluding carboxylic acids is 1. The van der Waals surface area contributed by atoms with Crippen molar-refractivity contribution < 1.29 is 9.53 Å². The zero-order valence-electron chi connectivity index (χ0n) is 10.6. The third-order valence-corrected chi connectivity index (χ3v) is 3.73. The third-order valence-electron chi connectivity index (χ3n) is 3.34. The van der Waals surface area contributed by atoms with Gasteiger partial charge in [0.15, 0.2) is 0 Å². The minimum Gasteiger partial charge on any atom is -0.384 e. The van der Waals surface area contributed by atoms with Crippen LogP contribution in [0.5, 0.6) is 0 Å². The summed E-state index contributed by atoms with van der Waals surface area (Å²) >= 11 is 4.35. The molecule has 1 aliphatic rings. The highest BCUT2D eigenvalue weighted by Gasteiger charge is 2.25. The Labute approximate surface area is 114 Å². The van der Waals surface area contributed by atoms with Crippen LogP contribution < -0.4 is 0 Å². The molecule has 1 saturated heterocycles. The normalized spacial score (nSPS) is 19.9. The maximum Gasteiger partial charge on any atom is 0.254 e. The monoisotopic (exact) mass is 265 g/mol.